The van der Waals surface area contributed by atoms with Gasteiger partial charge in [0.25, 0.3) is 0 Å². The maximum Gasteiger partial charge on any atom is 0.329 e. The predicted molar refractivity (Wildman–Crippen MR) is 69.0 cm³/mol. The van der Waals surface area contributed by atoms with Crippen LogP contribution in [0, 0.1) is 11.8 Å². The standard InChI is InChI=1S/C13H24N2O3/c1-7-8(2)13(4,5)18-12(17)10(7)15-11(16)9(3)14-6/h7-10,14H,1-6H3,(H,15,16). The number of esters is 1. The molecule has 104 valence electrons. The number of carbonyl (C=O) groups is 2. The van der Waals surface area contributed by atoms with Crippen molar-refractivity contribution in [2.75, 3.05) is 7.05 Å². The first-order valence-electron chi connectivity index (χ1n) is 6.41. The molecule has 1 aliphatic rings. The van der Waals surface area contributed by atoms with Gasteiger partial charge in [-0.05, 0) is 33.7 Å². The van der Waals surface area contributed by atoms with Crippen LogP contribution in [0.15, 0.2) is 0 Å². The quantitative estimate of drug-likeness (QED) is 0.729. The topological polar surface area (TPSA) is 67.4 Å². The fraction of sp³-hybridized carbons (Fsp3) is 0.846. The highest BCUT2D eigenvalue weighted by Gasteiger charge is 2.46. The third-order valence-corrected chi connectivity index (χ3v) is 4.15. The number of rotatable bonds is 3. The highest BCUT2D eigenvalue weighted by molar-refractivity contribution is 5.88. The van der Waals surface area contributed by atoms with Gasteiger partial charge in [0.2, 0.25) is 5.91 Å². The second-order valence-electron chi connectivity index (χ2n) is 5.67. The summed E-state index contributed by atoms with van der Waals surface area (Å²) >= 11 is 0. The van der Waals surface area contributed by atoms with Gasteiger partial charge >= 0.3 is 5.97 Å². The Hall–Kier alpha value is -1.10. The summed E-state index contributed by atoms with van der Waals surface area (Å²) < 4.78 is 5.41. The van der Waals surface area contributed by atoms with E-state index in [0.717, 1.165) is 0 Å². The zero-order valence-corrected chi connectivity index (χ0v) is 12.0. The average molecular weight is 256 g/mol. The van der Waals surface area contributed by atoms with Crippen LogP contribution in [0.2, 0.25) is 0 Å². The van der Waals surface area contributed by atoms with Crippen LogP contribution in [0.1, 0.15) is 34.6 Å². The summed E-state index contributed by atoms with van der Waals surface area (Å²) in [6, 6.07) is -0.883. The lowest BCUT2D eigenvalue weighted by Crippen LogP contribution is -2.59. The van der Waals surface area contributed by atoms with Gasteiger partial charge in [-0.1, -0.05) is 13.8 Å². The van der Waals surface area contributed by atoms with Crippen LogP contribution in [0.25, 0.3) is 0 Å². The van der Waals surface area contributed by atoms with Crippen molar-refractivity contribution in [3.63, 3.8) is 0 Å². The molecule has 1 aliphatic heterocycles. The number of cyclic esters (lactones) is 1. The fourth-order valence-electron chi connectivity index (χ4n) is 2.15. The summed E-state index contributed by atoms with van der Waals surface area (Å²) in [5.41, 5.74) is -0.480. The van der Waals surface area contributed by atoms with Gasteiger partial charge in [-0.25, -0.2) is 4.79 Å². The molecule has 0 aliphatic carbocycles. The normalized spacial score (nSPS) is 32.6. The van der Waals surface area contributed by atoms with Crippen molar-refractivity contribution in [3.05, 3.63) is 0 Å². The Morgan fingerprint density at radius 2 is 1.94 bits per heavy atom. The molecule has 1 fully saturated rings. The number of carbonyl (C=O) groups excluding carboxylic acids is 2. The number of ether oxygens (including phenoxy) is 1. The molecular weight excluding hydrogens is 232 g/mol. The largest absolute Gasteiger partial charge is 0.458 e. The Bertz CT molecular complexity index is 341. The molecule has 0 radical (unpaired) electrons. The van der Waals surface area contributed by atoms with E-state index in [1.165, 1.54) is 0 Å². The maximum absolute atomic E-state index is 12.0. The van der Waals surface area contributed by atoms with E-state index in [4.69, 9.17) is 4.74 Å². The lowest BCUT2D eigenvalue weighted by atomic mass is 9.76. The van der Waals surface area contributed by atoms with Crippen LogP contribution in [0.4, 0.5) is 0 Å². The van der Waals surface area contributed by atoms with E-state index in [2.05, 4.69) is 10.6 Å². The van der Waals surface area contributed by atoms with E-state index >= 15 is 0 Å². The highest BCUT2D eigenvalue weighted by Crippen LogP contribution is 2.35. The molecule has 0 saturated carbocycles. The molecule has 0 aromatic rings. The maximum atomic E-state index is 12.0. The zero-order chi connectivity index (χ0) is 14.1. The van der Waals surface area contributed by atoms with Crippen LogP contribution in [-0.2, 0) is 14.3 Å². The van der Waals surface area contributed by atoms with E-state index in [0.29, 0.717) is 0 Å². The first-order valence-corrected chi connectivity index (χ1v) is 6.41. The Balaban J connectivity index is 2.78. The van der Waals surface area contributed by atoms with E-state index < -0.39 is 11.6 Å². The summed E-state index contributed by atoms with van der Waals surface area (Å²) in [4.78, 5) is 23.8. The number of hydrogen-bond donors (Lipinski definition) is 2. The summed E-state index contributed by atoms with van der Waals surface area (Å²) in [6.45, 7) is 9.57. The Kier molecular flexibility index (Phi) is 4.37. The zero-order valence-electron chi connectivity index (χ0n) is 12.0. The van der Waals surface area contributed by atoms with Gasteiger partial charge in [0, 0.05) is 5.92 Å². The van der Waals surface area contributed by atoms with E-state index in [1.54, 1.807) is 14.0 Å². The van der Waals surface area contributed by atoms with Crippen molar-refractivity contribution in [2.24, 2.45) is 11.8 Å². The smallest absolute Gasteiger partial charge is 0.329 e. The lowest BCUT2D eigenvalue weighted by molar-refractivity contribution is -0.181. The fourth-order valence-corrected chi connectivity index (χ4v) is 2.15. The molecule has 1 rings (SSSR count). The number of hydrogen-bond acceptors (Lipinski definition) is 4. The third-order valence-electron chi connectivity index (χ3n) is 4.15. The monoisotopic (exact) mass is 256 g/mol. The van der Waals surface area contributed by atoms with E-state index in [9.17, 15) is 9.59 Å². The molecule has 0 bridgehead atoms. The van der Waals surface area contributed by atoms with Crippen LogP contribution in [0.3, 0.4) is 0 Å². The average Bonchev–Trinajstić information content (AvgIpc) is 2.30. The Labute approximate surface area is 109 Å². The Morgan fingerprint density at radius 1 is 1.39 bits per heavy atom. The second kappa shape index (κ2) is 5.26. The first kappa shape index (κ1) is 15.0. The molecule has 18 heavy (non-hydrogen) atoms. The van der Waals surface area contributed by atoms with Crippen molar-refractivity contribution >= 4 is 11.9 Å². The van der Waals surface area contributed by atoms with Crippen molar-refractivity contribution in [2.45, 2.75) is 52.3 Å². The highest BCUT2D eigenvalue weighted by atomic mass is 16.6. The lowest BCUT2D eigenvalue weighted by Gasteiger charge is -2.44. The molecule has 0 aromatic heterocycles. The van der Waals surface area contributed by atoms with Gasteiger partial charge in [-0.2, -0.15) is 0 Å². The first-order chi connectivity index (χ1) is 8.20. The molecule has 4 unspecified atom stereocenters. The summed E-state index contributed by atoms with van der Waals surface area (Å²) in [5.74, 6) is -0.292. The summed E-state index contributed by atoms with van der Waals surface area (Å²) in [5, 5.41) is 5.61. The molecule has 4 atom stereocenters. The van der Waals surface area contributed by atoms with Crippen molar-refractivity contribution in [1.29, 1.82) is 0 Å². The van der Waals surface area contributed by atoms with Crippen LogP contribution in [0.5, 0.6) is 0 Å². The molecule has 2 N–H and O–H groups in total. The molecule has 1 amide bonds. The molecule has 0 aromatic carbocycles. The van der Waals surface area contributed by atoms with Crippen molar-refractivity contribution in [3.8, 4) is 0 Å². The second-order valence-corrected chi connectivity index (χ2v) is 5.67. The van der Waals surface area contributed by atoms with Crippen LogP contribution in [-0.4, -0.2) is 36.6 Å². The van der Waals surface area contributed by atoms with Gasteiger partial charge in [0.05, 0.1) is 6.04 Å². The molecule has 5 nitrogen and oxygen atoms in total. The number of likely N-dealkylation sites (N-methyl/N-ethyl adjacent to an activating group) is 1. The number of nitrogens with one attached hydrogen (secondary N) is 2. The summed E-state index contributed by atoms with van der Waals surface area (Å²) in [6.07, 6.45) is 0. The Morgan fingerprint density at radius 3 is 2.44 bits per heavy atom. The molecule has 1 heterocycles. The van der Waals surface area contributed by atoms with Gasteiger partial charge in [0.15, 0.2) is 0 Å². The molecule has 1 saturated heterocycles. The predicted octanol–water partition coefficient (Wildman–Crippen LogP) is 0.687. The van der Waals surface area contributed by atoms with E-state index in [1.807, 2.05) is 27.7 Å². The SMILES string of the molecule is CNC(C)C(=O)NC1C(=O)OC(C)(C)C(C)C1C. The summed E-state index contributed by atoms with van der Waals surface area (Å²) in [7, 11) is 1.71. The van der Waals surface area contributed by atoms with Gasteiger partial charge in [-0.3, -0.25) is 4.79 Å². The number of amides is 1. The molecular formula is C13H24N2O3. The van der Waals surface area contributed by atoms with E-state index in [-0.39, 0.29) is 29.8 Å². The van der Waals surface area contributed by atoms with Gasteiger partial charge in [0.1, 0.15) is 11.6 Å². The van der Waals surface area contributed by atoms with Gasteiger partial charge < -0.3 is 15.4 Å². The van der Waals surface area contributed by atoms with Gasteiger partial charge in [-0.15, -0.1) is 0 Å². The van der Waals surface area contributed by atoms with Crippen LogP contribution >= 0.6 is 0 Å². The molecule has 0 spiro atoms. The minimum absolute atomic E-state index is 0.0502. The van der Waals surface area contributed by atoms with Crippen molar-refractivity contribution < 1.29 is 14.3 Å². The van der Waals surface area contributed by atoms with Crippen molar-refractivity contribution in [1.82, 2.24) is 10.6 Å². The molecule has 5 heteroatoms. The minimum atomic E-state index is -0.559. The third kappa shape index (κ3) is 2.83. The van der Waals surface area contributed by atoms with Crippen LogP contribution < -0.4 is 10.6 Å². The minimum Gasteiger partial charge on any atom is -0.458 e.